The third-order valence-corrected chi connectivity index (χ3v) is 5.91. The molecule has 4 heteroatoms. The minimum absolute atomic E-state index is 0.0914. The molecule has 0 radical (unpaired) electrons. The number of carbonyl (C=O) groups is 2. The van der Waals surface area contributed by atoms with Crippen LogP contribution < -0.4 is 0 Å². The molecule has 1 aromatic carbocycles. The molecule has 3 unspecified atom stereocenters. The molecular formula is C16H16INO2. The smallest absolute Gasteiger partial charge is 0.261 e. The topological polar surface area (TPSA) is 37.4 Å². The summed E-state index contributed by atoms with van der Waals surface area (Å²) in [6.45, 7) is 0.629. The van der Waals surface area contributed by atoms with Crippen molar-refractivity contribution >= 4 is 34.4 Å². The first-order chi connectivity index (χ1) is 9.63. The maximum Gasteiger partial charge on any atom is 0.261 e. The average molecular weight is 381 g/mol. The Morgan fingerprint density at radius 1 is 1.10 bits per heavy atom. The Bertz CT molecular complexity index is 612. The minimum Gasteiger partial charge on any atom is -0.274 e. The molecule has 104 valence electrons. The molecule has 0 saturated heterocycles. The highest BCUT2D eigenvalue weighted by Crippen LogP contribution is 2.48. The van der Waals surface area contributed by atoms with Crippen LogP contribution in [0.25, 0.3) is 0 Å². The van der Waals surface area contributed by atoms with Crippen LogP contribution in [0.4, 0.5) is 0 Å². The van der Waals surface area contributed by atoms with E-state index in [0.717, 1.165) is 15.4 Å². The second-order valence-corrected chi connectivity index (χ2v) is 7.59. The predicted molar refractivity (Wildman–Crippen MR) is 83.5 cm³/mol. The van der Waals surface area contributed by atoms with Crippen molar-refractivity contribution in [2.75, 3.05) is 6.54 Å². The van der Waals surface area contributed by atoms with Crippen molar-refractivity contribution in [1.82, 2.24) is 4.90 Å². The van der Waals surface area contributed by atoms with Crippen LogP contribution in [0.5, 0.6) is 0 Å². The quantitative estimate of drug-likeness (QED) is 0.582. The van der Waals surface area contributed by atoms with Gasteiger partial charge >= 0.3 is 0 Å². The standard InChI is InChI=1S/C16H16INO2/c17-12-3-4-13-14(7-12)16(20)18(15(13)19)8-11-6-9-1-2-10(11)5-9/h3-4,7,9-11H,1-2,5-6,8H2. The fraction of sp³-hybridized carbons (Fsp3) is 0.500. The Labute approximate surface area is 131 Å². The van der Waals surface area contributed by atoms with E-state index in [0.29, 0.717) is 23.6 Å². The molecule has 0 N–H and O–H groups in total. The molecule has 3 aliphatic rings. The van der Waals surface area contributed by atoms with Gasteiger partial charge in [0.2, 0.25) is 0 Å². The Kier molecular flexibility index (Phi) is 2.91. The summed E-state index contributed by atoms with van der Waals surface area (Å²) in [4.78, 5) is 26.4. The van der Waals surface area contributed by atoms with E-state index in [9.17, 15) is 9.59 Å². The number of benzene rings is 1. The molecule has 2 aliphatic carbocycles. The van der Waals surface area contributed by atoms with E-state index in [4.69, 9.17) is 0 Å². The van der Waals surface area contributed by atoms with Gasteiger partial charge in [-0.3, -0.25) is 14.5 Å². The molecule has 2 fully saturated rings. The number of rotatable bonds is 2. The Balaban J connectivity index is 1.59. The fourth-order valence-electron chi connectivity index (χ4n) is 4.26. The predicted octanol–water partition coefficient (Wildman–Crippen LogP) is 3.32. The maximum atomic E-state index is 12.5. The van der Waals surface area contributed by atoms with Crippen LogP contribution in [-0.2, 0) is 0 Å². The Morgan fingerprint density at radius 3 is 2.60 bits per heavy atom. The van der Waals surface area contributed by atoms with Crippen LogP contribution in [0.2, 0.25) is 0 Å². The summed E-state index contributed by atoms with van der Waals surface area (Å²) in [6.07, 6.45) is 5.15. The third-order valence-electron chi connectivity index (χ3n) is 5.23. The average Bonchev–Trinajstić information content (AvgIpc) is 3.10. The lowest BCUT2D eigenvalue weighted by Crippen LogP contribution is -2.36. The van der Waals surface area contributed by atoms with Gasteiger partial charge in [-0.1, -0.05) is 6.42 Å². The molecule has 4 rings (SSSR count). The van der Waals surface area contributed by atoms with E-state index in [2.05, 4.69) is 22.6 Å². The number of nitrogens with zero attached hydrogens (tertiary/aromatic N) is 1. The van der Waals surface area contributed by atoms with Gasteiger partial charge in [-0.15, -0.1) is 0 Å². The lowest BCUT2D eigenvalue weighted by atomic mass is 9.88. The zero-order valence-electron chi connectivity index (χ0n) is 11.1. The lowest BCUT2D eigenvalue weighted by molar-refractivity contribution is 0.0610. The molecule has 3 atom stereocenters. The Morgan fingerprint density at radius 2 is 1.90 bits per heavy atom. The van der Waals surface area contributed by atoms with Crippen molar-refractivity contribution in [3.05, 3.63) is 32.9 Å². The monoisotopic (exact) mass is 381 g/mol. The maximum absolute atomic E-state index is 12.5. The van der Waals surface area contributed by atoms with Gasteiger partial charge in [-0.05, 0) is 77.8 Å². The van der Waals surface area contributed by atoms with E-state index >= 15 is 0 Å². The number of fused-ring (bicyclic) bond motifs is 3. The lowest BCUT2D eigenvalue weighted by Gasteiger charge is -2.25. The van der Waals surface area contributed by atoms with Gasteiger partial charge in [0.05, 0.1) is 11.1 Å². The van der Waals surface area contributed by atoms with Crippen molar-refractivity contribution in [2.45, 2.75) is 25.7 Å². The largest absolute Gasteiger partial charge is 0.274 e. The molecule has 2 saturated carbocycles. The molecule has 3 nitrogen and oxygen atoms in total. The van der Waals surface area contributed by atoms with Crippen molar-refractivity contribution in [2.24, 2.45) is 17.8 Å². The van der Waals surface area contributed by atoms with Crippen LogP contribution in [0, 0.1) is 21.3 Å². The highest BCUT2D eigenvalue weighted by Gasteiger charge is 2.43. The molecule has 1 aliphatic heterocycles. The van der Waals surface area contributed by atoms with E-state index in [1.165, 1.54) is 30.6 Å². The van der Waals surface area contributed by atoms with Gasteiger partial charge in [0.1, 0.15) is 0 Å². The van der Waals surface area contributed by atoms with Crippen molar-refractivity contribution < 1.29 is 9.59 Å². The molecule has 0 aromatic heterocycles. The number of amides is 2. The van der Waals surface area contributed by atoms with Crippen LogP contribution >= 0.6 is 22.6 Å². The normalized spacial score (nSPS) is 31.2. The first-order valence-corrected chi connectivity index (χ1v) is 8.37. The molecule has 1 aromatic rings. The summed E-state index contributed by atoms with van der Waals surface area (Å²) in [5.41, 5.74) is 1.17. The van der Waals surface area contributed by atoms with Gasteiger partial charge in [-0.25, -0.2) is 0 Å². The molecular weight excluding hydrogens is 365 g/mol. The van der Waals surface area contributed by atoms with Gasteiger partial charge in [0.15, 0.2) is 0 Å². The van der Waals surface area contributed by atoms with E-state index < -0.39 is 0 Å². The summed E-state index contributed by atoms with van der Waals surface area (Å²) < 4.78 is 1.00. The third kappa shape index (κ3) is 1.84. The number of carbonyl (C=O) groups excluding carboxylic acids is 2. The zero-order valence-corrected chi connectivity index (χ0v) is 13.3. The first kappa shape index (κ1) is 12.8. The second kappa shape index (κ2) is 4.55. The van der Waals surface area contributed by atoms with Crippen molar-refractivity contribution in [3.8, 4) is 0 Å². The fourth-order valence-corrected chi connectivity index (χ4v) is 4.75. The van der Waals surface area contributed by atoms with Gasteiger partial charge in [-0.2, -0.15) is 0 Å². The Hall–Kier alpha value is -0.910. The van der Waals surface area contributed by atoms with E-state index in [-0.39, 0.29) is 11.8 Å². The number of halogens is 1. The van der Waals surface area contributed by atoms with Gasteiger partial charge < -0.3 is 0 Å². The second-order valence-electron chi connectivity index (χ2n) is 6.35. The zero-order chi connectivity index (χ0) is 13.9. The van der Waals surface area contributed by atoms with Gasteiger partial charge in [0, 0.05) is 10.1 Å². The summed E-state index contributed by atoms with van der Waals surface area (Å²) in [5, 5.41) is 0. The van der Waals surface area contributed by atoms with Crippen LogP contribution in [0.15, 0.2) is 18.2 Å². The highest BCUT2D eigenvalue weighted by molar-refractivity contribution is 14.1. The van der Waals surface area contributed by atoms with Gasteiger partial charge in [0.25, 0.3) is 11.8 Å². The van der Waals surface area contributed by atoms with E-state index in [1.807, 2.05) is 12.1 Å². The molecule has 2 amide bonds. The summed E-state index contributed by atoms with van der Waals surface area (Å²) in [7, 11) is 0. The number of hydrogen-bond acceptors (Lipinski definition) is 2. The summed E-state index contributed by atoms with van der Waals surface area (Å²) >= 11 is 2.18. The molecule has 1 heterocycles. The van der Waals surface area contributed by atoms with Crippen molar-refractivity contribution in [3.63, 3.8) is 0 Å². The van der Waals surface area contributed by atoms with Crippen LogP contribution in [0.1, 0.15) is 46.4 Å². The number of imide groups is 1. The van der Waals surface area contributed by atoms with E-state index in [1.54, 1.807) is 6.07 Å². The molecule has 20 heavy (non-hydrogen) atoms. The minimum atomic E-state index is -0.0934. The first-order valence-electron chi connectivity index (χ1n) is 7.29. The number of hydrogen-bond donors (Lipinski definition) is 0. The van der Waals surface area contributed by atoms with Crippen LogP contribution in [-0.4, -0.2) is 23.3 Å². The summed E-state index contributed by atoms with van der Waals surface area (Å²) in [6, 6.07) is 5.51. The SMILES string of the molecule is O=C1c2ccc(I)cc2C(=O)N1CC1CC2CCC1C2. The van der Waals surface area contributed by atoms with Crippen molar-refractivity contribution in [1.29, 1.82) is 0 Å². The van der Waals surface area contributed by atoms with Crippen LogP contribution in [0.3, 0.4) is 0 Å². The highest BCUT2D eigenvalue weighted by atomic mass is 127. The molecule has 2 bridgehead atoms. The summed E-state index contributed by atoms with van der Waals surface area (Å²) in [5.74, 6) is 1.94. The molecule has 0 spiro atoms.